The summed E-state index contributed by atoms with van der Waals surface area (Å²) in [6, 6.07) is 30.2. The summed E-state index contributed by atoms with van der Waals surface area (Å²) in [6.07, 6.45) is 1.15. The van der Waals surface area contributed by atoms with Crippen LogP contribution >= 0.6 is 0 Å². The molecule has 4 N–H and O–H groups in total. The number of hydrogen-bond donors (Lipinski definition) is 4. The number of benzene rings is 4. The van der Waals surface area contributed by atoms with Crippen LogP contribution in [0, 0.1) is 5.92 Å². The molecule has 1 unspecified atom stereocenters. The molecule has 1 saturated heterocycles. The van der Waals surface area contributed by atoms with Crippen molar-refractivity contribution in [1.29, 1.82) is 0 Å². The second-order valence-electron chi connectivity index (χ2n) is 16.7. The maximum Gasteiger partial charge on any atom is 0.264 e. The number of carbonyl (C=O) groups is 3. The van der Waals surface area contributed by atoms with Gasteiger partial charge in [-0.2, -0.15) is 0 Å². The lowest BCUT2D eigenvalue weighted by atomic mass is 9.82. The van der Waals surface area contributed by atoms with Gasteiger partial charge in [-0.15, -0.1) is 0 Å². The van der Waals surface area contributed by atoms with Crippen LogP contribution in [0.2, 0.25) is 18.6 Å². The summed E-state index contributed by atoms with van der Waals surface area (Å²) in [6.45, 7) is 9.33. The van der Waals surface area contributed by atoms with Crippen molar-refractivity contribution in [2.24, 2.45) is 5.92 Å². The van der Waals surface area contributed by atoms with Gasteiger partial charge in [0.2, 0.25) is 11.8 Å². The van der Waals surface area contributed by atoms with Crippen LogP contribution in [-0.2, 0) is 44.2 Å². The molecule has 7 rings (SSSR count). The standard InChI is InChI=1S/C47H58N4O8Si/c1-5-58-37-21-22-40-35(27-37)28-39(48-23-11-12-25-52)45(55)51(40)36-19-17-34(18-20-36)31-50-41-16-10-9-15-38(41)47(46(50)56)32(2)44(60(3,4)57)42(59-47)29-43(54)49(24-26-53)30-33-13-7-6-8-14-33/h6-10,13-22,27,32,39,42,44,48,52-53,57H,5,11-12,23-26,28-31H2,1-4H3/t32-,39?,42+,44-,47+/m1/s1. The van der Waals surface area contributed by atoms with Crippen LogP contribution < -0.4 is 19.9 Å². The van der Waals surface area contributed by atoms with Gasteiger partial charge in [-0.25, -0.2) is 0 Å². The van der Waals surface area contributed by atoms with Crippen molar-refractivity contribution in [2.45, 2.75) is 89.0 Å². The molecular weight excluding hydrogens is 777 g/mol. The number of hydrogen-bond acceptors (Lipinski definition) is 9. The van der Waals surface area contributed by atoms with E-state index in [-0.39, 0.29) is 50.4 Å². The smallest absolute Gasteiger partial charge is 0.264 e. The van der Waals surface area contributed by atoms with E-state index in [1.165, 1.54) is 0 Å². The zero-order valence-corrected chi connectivity index (χ0v) is 36.0. The van der Waals surface area contributed by atoms with Crippen molar-refractivity contribution in [1.82, 2.24) is 10.2 Å². The Morgan fingerprint density at radius 1 is 0.933 bits per heavy atom. The second-order valence-corrected chi connectivity index (χ2v) is 20.7. The first-order valence-corrected chi connectivity index (χ1v) is 24.2. The summed E-state index contributed by atoms with van der Waals surface area (Å²) in [5.74, 6) is -0.222. The molecule has 3 heterocycles. The van der Waals surface area contributed by atoms with E-state index in [1.54, 1.807) is 14.7 Å². The molecule has 3 aliphatic heterocycles. The molecule has 4 aromatic carbocycles. The molecule has 3 amide bonds. The van der Waals surface area contributed by atoms with Crippen LogP contribution in [0.4, 0.5) is 17.1 Å². The lowest BCUT2D eigenvalue weighted by Gasteiger charge is -2.35. The highest BCUT2D eigenvalue weighted by Crippen LogP contribution is 2.59. The highest BCUT2D eigenvalue weighted by atomic mass is 28.4. The van der Waals surface area contributed by atoms with Crippen LogP contribution in [-0.4, -0.2) is 91.0 Å². The van der Waals surface area contributed by atoms with Crippen LogP contribution in [0.15, 0.2) is 97.1 Å². The van der Waals surface area contributed by atoms with Gasteiger partial charge >= 0.3 is 0 Å². The predicted octanol–water partition coefficient (Wildman–Crippen LogP) is 5.79. The van der Waals surface area contributed by atoms with Crippen LogP contribution in [0.3, 0.4) is 0 Å². The van der Waals surface area contributed by atoms with E-state index in [0.29, 0.717) is 49.5 Å². The van der Waals surface area contributed by atoms with E-state index in [4.69, 9.17) is 9.47 Å². The lowest BCUT2D eigenvalue weighted by molar-refractivity contribution is -0.150. The molecule has 0 saturated carbocycles. The average molecular weight is 835 g/mol. The Hall–Kier alpha value is -4.89. The Kier molecular flexibility index (Phi) is 13.2. The number of amides is 3. The summed E-state index contributed by atoms with van der Waals surface area (Å²) in [4.78, 5) is 60.0. The third-order valence-electron chi connectivity index (χ3n) is 12.3. The Balaban J connectivity index is 1.15. The molecule has 12 nitrogen and oxygen atoms in total. The van der Waals surface area contributed by atoms with E-state index < -0.39 is 37.5 Å². The Labute approximate surface area is 353 Å². The Morgan fingerprint density at radius 3 is 2.37 bits per heavy atom. The van der Waals surface area contributed by atoms with Crippen molar-refractivity contribution in [3.05, 3.63) is 119 Å². The van der Waals surface area contributed by atoms with Crippen molar-refractivity contribution in [2.75, 3.05) is 42.7 Å². The molecule has 0 bridgehead atoms. The van der Waals surface area contributed by atoms with Gasteiger partial charge in [-0.1, -0.05) is 67.6 Å². The number of ether oxygens (including phenoxy) is 2. The van der Waals surface area contributed by atoms with Gasteiger partial charge in [0.15, 0.2) is 13.9 Å². The maximum absolute atomic E-state index is 15.0. The molecular formula is C47H58N4O8Si. The fourth-order valence-electron chi connectivity index (χ4n) is 9.56. The number of para-hydroxylation sites is 1. The Morgan fingerprint density at radius 2 is 1.67 bits per heavy atom. The van der Waals surface area contributed by atoms with Gasteiger partial charge < -0.3 is 39.6 Å². The highest BCUT2D eigenvalue weighted by molar-refractivity contribution is 6.71. The highest BCUT2D eigenvalue weighted by Gasteiger charge is 2.66. The molecule has 13 heteroatoms. The SMILES string of the molecule is CCOc1ccc2c(c1)CC(NCCCCO)C(=O)N2c1ccc(CN2C(=O)[C@@]3(O[C@@H](CC(=O)N(CCO)Cc4ccccc4)[C@H]([Si](C)(C)O)[C@H]3C)c3ccccc32)cc1. The van der Waals surface area contributed by atoms with Gasteiger partial charge in [-0.3, -0.25) is 19.3 Å². The minimum absolute atomic E-state index is 0.0399. The number of unbranched alkanes of at least 4 members (excludes halogenated alkanes) is 1. The first-order chi connectivity index (χ1) is 28.9. The number of fused-ring (bicyclic) bond motifs is 3. The number of nitrogens with one attached hydrogen (secondary N) is 1. The normalized spacial score (nSPS) is 22.3. The number of nitrogens with zero attached hydrogens (tertiary/aromatic N) is 3. The molecule has 318 valence electrons. The molecule has 1 fully saturated rings. The maximum atomic E-state index is 15.0. The molecule has 0 aliphatic carbocycles. The molecule has 4 aromatic rings. The topological polar surface area (TPSA) is 152 Å². The molecule has 0 aromatic heterocycles. The largest absolute Gasteiger partial charge is 0.494 e. The number of carbonyl (C=O) groups excluding carboxylic acids is 3. The van der Waals surface area contributed by atoms with Gasteiger partial charge in [0.1, 0.15) is 5.75 Å². The quantitative estimate of drug-likeness (QED) is 0.0766. The Bertz CT molecular complexity index is 2150. The van der Waals surface area contributed by atoms with Crippen LogP contribution in [0.1, 0.15) is 55.4 Å². The predicted molar refractivity (Wildman–Crippen MR) is 233 cm³/mol. The third kappa shape index (κ3) is 8.52. The van der Waals surface area contributed by atoms with E-state index in [9.17, 15) is 24.6 Å². The number of anilines is 3. The fourth-order valence-corrected chi connectivity index (χ4v) is 12.1. The van der Waals surface area contributed by atoms with Gasteiger partial charge in [0, 0.05) is 42.4 Å². The van der Waals surface area contributed by atoms with Crippen LogP contribution in [0.5, 0.6) is 5.75 Å². The summed E-state index contributed by atoms with van der Waals surface area (Å²) >= 11 is 0. The first kappa shape index (κ1) is 43.2. The van der Waals surface area contributed by atoms with Gasteiger partial charge in [-0.05, 0) is 98.9 Å². The molecule has 3 aliphatic rings. The number of aliphatic hydroxyl groups excluding tert-OH is 2. The molecule has 60 heavy (non-hydrogen) atoms. The summed E-state index contributed by atoms with van der Waals surface area (Å²) in [5, 5.41) is 22.6. The van der Waals surface area contributed by atoms with Crippen molar-refractivity contribution < 1.29 is 38.9 Å². The third-order valence-corrected chi connectivity index (χ3v) is 14.8. The summed E-state index contributed by atoms with van der Waals surface area (Å²) in [5.41, 5.74) is 3.84. The minimum Gasteiger partial charge on any atom is -0.494 e. The minimum atomic E-state index is -3.03. The zero-order chi connectivity index (χ0) is 42.6. The van der Waals surface area contributed by atoms with Crippen molar-refractivity contribution in [3.63, 3.8) is 0 Å². The van der Waals surface area contributed by atoms with E-state index in [0.717, 1.165) is 34.5 Å². The van der Waals surface area contributed by atoms with Crippen LogP contribution in [0.25, 0.3) is 0 Å². The van der Waals surface area contributed by atoms with Gasteiger partial charge in [0.05, 0.1) is 49.7 Å². The van der Waals surface area contributed by atoms with E-state index in [1.807, 2.05) is 124 Å². The molecule has 1 spiro atoms. The zero-order valence-electron chi connectivity index (χ0n) is 35.0. The van der Waals surface area contributed by atoms with E-state index in [2.05, 4.69) is 5.32 Å². The fraction of sp³-hybridized carbons (Fsp3) is 0.426. The van der Waals surface area contributed by atoms with E-state index >= 15 is 4.79 Å². The summed E-state index contributed by atoms with van der Waals surface area (Å²) < 4.78 is 12.7. The first-order valence-electron chi connectivity index (χ1n) is 21.2. The number of rotatable bonds is 17. The molecule has 0 radical (unpaired) electrons. The van der Waals surface area contributed by atoms with Gasteiger partial charge in [0.25, 0.3) is 5.91 Å². The van der Waals surface area contributed by atoms with Crippen molar-refractivity contribution in [3.8, 4) is 5.75 Å². The second kappa shape index (κ2) is 18.4. The number of aliphatic hydroxyl groups is 2. The molecule has 5 atom stereocenters. The lowest BCUT2D eigenvalue weighted by Crippen LogP contribution is -2.49. The van der Waals surface area contributed by atoms with Crippen molar-refractivity contribution >= 4 is 43.1 Å². The average Bonchev–Trinajstić information content (AvgIpc) is 3.66. The monoisotopic (exact) mass is 834 g/mol. The summed E-state index contributed by atoms with van der Waals surface area (Å²) in [7, 11) is -3.03.